The van der Waals surface area contributed by atoms with E-state index in [9.17, 15) is 9.90 Å². The van der Waals surface area contributed by atoms with Gasteiger partial charge in [-0.1, -0.05) is 20.8 Å². The van der Waals surface area contributed by atoms with E-state index in [2.05, 4.69) is 0 Å². The van der Waals surface area contributed by atoms with Crippen molar-refractivity contribution >= 4 is 5.97 Å². The SMILES string of the molecule is CCC(C)(C)C(O)OCCO[C@H]1C2CC3CC(C2)C(=O)OC1C3. The summed E-state index contributed by atoms with van der Waals surface area (Å²) < 4.78 is 17.2. The zero-order chi connectivity index (χ0) is 16.6. The number of ether oxygens (including phenoxy) is 3. The van der Waals surface area contributed by atoms with Crippen LogP contribution < -0.4 is 0 Å². The number of esters is 1. The highest BCUT2D eigenvalue weighted by atomic mass is 16.6. The van der Waals surface area contributed by atoms with E-state index < -0.39 is 6.29 Å². The van der Waals surface area contributed by atoms with E-state index in [1.165, 1.54) is 0 Å². The molecule has 132 valence electrons. The highest BCUT2D eigenvalue weighted by Gasteiger charge is 2.50. The molecule has 4 rings (SSSR count). The smallest absolute Gasteiger partial charge is 0.309 e. The van der Waals surface area contributed by atoms with E-state index in [0.717, 1.165) is 32.1 Å². The number of fused-ring (bicyclic) bond motifs is 1. The van der Waals surface area contributed by atoms with Crippen molar-refractivity contribution in [2.45, 2.75) is 71.4 Å². The number of aliphatic hydroxyl groups is 1. The number of rotatable bonds is 7. The Balaban J connectivity index is 1.48. The highest BCUT2D eigenvalue weighted by Crippen LogP contribution is 2.48. The summed E-state index contributed by atoms with van der Waals surface area (Å²) in [7, 11) is 0. The molecule has 0 aromatic carbocycles. The van der Waals surface area contributed by atoms with Crippen molar-refractivity contribution in [2.75, 3.05) is 13.2 Å². The molecule has 5 unspecified atom stereocenters. The standard InChI is InChI=1S/C18H30O5/c1-4-18(2,3)17(20)22-6-5-21-15-12-7-11-8-13(10-12)16(19)23-14(15)9-11/h11-15,17,20H,4-10H2,1-3H3/t11?,12?,13?,14?,15-,17?/m0/s1. The molecule has 2 saturated heterocycles. The molecule has 0 spiro atoms. The van der Waals surface area contributed by atoms with Crippen LogP contribution in [0.2, 0.25) is 0 Å². The number of hydrogen-bond donors (Lipinski definition) is 1. The summed E-state index contributed by atoms with van der Waals surface area (Å²) in [6, 6.07) is 0. The van der Waals surface area contributed by atoms with Crippen LogP contribution in [0.4, 0.5) is 0 Å². The summed E-state index contributed by atoms with van der Waals surface area (Å²) in [5, 5.41) is 10.0. The lowest BCUT2D eigenvalue weighted by Crippen LogP contribution is -2.45. The number of carbonyl (C=O) groups is 1. The molecule has 1 N–H and O–H groups in total. The molecule has 2 heterocycles. The van der Waals surface area contributed by atoms with E-state index in [0.29, 0.717) is 25.0 Å². The zero-order valence-electron chi connectivity index (χ0n) is 14.5. The molecule has 23 heavy (non-hydrogen) atoms. The maximum Gasteiger partial charge on any atom is 0.309 e. The van der Waals surface area contributed by atoms with Gasteiger partial charge in [0.15, 0.2) is 6.29 Å². The van der Waals surface area contributed by atoms with Crippen molar-refractivity contribution < 1.29 is 24.1 Å². The van der Waals surface area contributed by atoms with Gasteiger partial charge in [0.1, 0.15) is 6.10 Å². The molecule has 0 aromatic heterocycles. The van der Waals surface area contributed by atoms with Crippen LogP contribution in [0, 0.1) is 23.2 Å². The van der Waals surface area contributed by atoms with Gasteiger partial charge in [-0.3, -0.25) is 4.79 Å². The molecule has 4 fully saturated rings. The van der Waals surface area contributed by atoms with Gasteiger partial charge >= 0.3 is 5.97 Å². The number of aliphatic hydroxyl groups excluding tert-OH is 1. The molecule has 4 aliphatic rings. The summed E-state index contributed by atoms with van der Waals surface area (Å²) in [6.07, 6.45) is 3.98. The van der Waals surface area contributed by atoms with Crippen LogP contribution in [0.5, 0.6) is 0 Å². The van der Waals surface area contributed by atoms with Gasteiger partial charge < -0.3 is 19.3 Å². The minimum Gasteiger partial charge on any atom is -0.459 e. The van der Waals surface area contributed by atoms with Crippen LogP contribution in [0.25, 0.3) is 0 Å². The Bertz CT molecular complexity index is 435. The van der Waals surface area contributed by atoms with Gasteiger partial charge in [-0.05, 0) is 43.9 Å². The Morgan fingerprint density at radius 2 is 2.04 bits per heavy atom. The third-order valence-corrected chi connectivity index (χ3v) is 6.09. The minimum atomic E-state index is -0.782. The van der Waals surface area contributed by atoms with E-state index in [-0.39, 0.29) is 29.5 Å². The van der Waals surface area contributed by atoms with Crippen LogP contribution in [0.1, 0.15) is 52.9 Å². The van der Waals surface area contributed by atoms with Gasteiger partial charge in [0.05, 0.1) is 25.2 Å². The van der Waals surface area contributed by atoms with E-state index in [4.69, 9.17) is 14.2 Å². The van der Waals surface area contributed by atoms with Crippen molar-refractivity contribution in [1.82, 2.24) is 0 Å². The number of carbonyl (C=O) groups excluding carboxylic acids is 1. The lowest BCUT2D eigenvalue weighted by atomic mass is 9.67. The molecule has 6 atom stereocenters. The predicted molar refractivity (Wildman–Crippen MR) is 84.6 cm³/mol. The number of hydrogen-bond acceptors (Lipinski definition) is 5. The van der Waals surface area contributed by atoms with Crippen LogP contribution in [-0.2, 0) is 19.0 Å². The fraction of sp³-hybridized carbons (Fsp3) is 0.944. The highest BCUT2D eigenvalue weighted by molar-refractivity contribution is 5.73. The van der Waals surface area contributed by atoms with Crippen LogP contribution >= 0.6 is 0 Å². The third-order valence-electron chi connectivity index (χ3n) is 6.09. The molecular formula is C18H30O5. The average Bonchev–Trinajstić information content (AvgIpc) is 2.67. The topological polar surface area (TPSA) is 65.0 Å². The summed E-state index contributed by atoms with van der Waals surface area (Å²) >= 11 is 0. The molecular weight excluding hydrogens is 296 g/mol. The fourth-order valence-electron chi connectivity index (χ4n) is 4.25. The summed E-state index contributed by atoms with van der Waals surface area (Å²) in [5.74, 6) is 1.12. The van der Waals surface area contributed by atoms with Gasteiger partial charge in [0.25, 0.3) is 0 Å². The first kappa shape index (κ1) is 17.2. The maximum absolute atomic E-state index is 12.0. The molecule has 2 saturated carbocycles. The Kier molecular flexibility index (Phi) is 5.00. The van der Waals surface area contributed by atoms with Crippen molar-refractivity contribution in [2.24, 2.45) is 23.2 Å². The Hall–Kier alpha value is -0.650. The molecule has 2 aliphatic heterocycles. The second-order valence-corrected chi connectivity index (χ2v) is 8.14. The lowest BCUT2D eigenvalue weighted by Gasteiger charge is -2.41. The van der Waals surface area contributed by atoms with Gasteiger partial charge in [0, 0.05) is 5.41 Å². The van der Waals surface area contributed by atoms with Crippen molar-refractivity contribution in [3.8, 4) is 0 Å². The predicted octanol–water partition coefficient (Wildman–Crippen LogP) is 2.50. The summed E-state index contributed by atoms with van der Waals surface area (Å²) in [4.78, 5) is 12.0. The van der Waals surface area contributed by atoms with E-state index in [1.54, 1.807) is 0 Å². The Labute approximate surface area is 138 Å². The van der Waals surface area contributed by atoms with Gasteiger partial charge in [-0.25, -0.2) is 0 Å². The molecule has 2 aliphatic carbocycles. The monoisotopic (exact) mass is 326 g/mol. The first-order chi connectivity index (χ1) is 10.9. The molecule has 0 amide bonds. The summed E-state index contributed by atoms with van der Waals surface area (Å²) in [6.45, 7) is 6.80. The average molecular weight is 326 g/mol. The first-order valence-electron chi connectivity index (χ1n) is 9.02. The van der Waals surface area contributed by atoms with E-state index >= 15 is 0 Å². The van der Waals surface area contributed by atoms with Crippen molar-refractivity contribution in [1.29, 1.82) is 0 Å². The second kappa shape index (κ2) is 6.69. The van der Waals surface area contributed by atoms with Crippen LogP contribution in [0.15, 0.2) is 0 Å². The van der Waals surface area contributed by atoms with Crippen LogP contribution in [0.3, 0.4) is 0 Å². The molecule has 5 nitrogen and oxygen atoms in total. The van der Waals surface area contributed by atoms with Gasteiger partial charge in [-0.2, -0.15) is 0 Å². The summed E-state index contributed by atoms with van der Waals surface area (Å²) in [5.41, 5.74) is -0.254. The van der Waals surface area contributed by atoms with Crippen molar-refractivity contribution in [3.05, 3.63) is 0 Å². The minimum absolute atomic E-state index is 0.000396. The van der Waals surface area contributed by atoms with E-state index in [1.807, 2.05) is 20.8 Å². The van der Waals surface area contributed by atoms with Crippen LogP contribution in [-0.4, -0.2) is 42.8 Å². The first-order valence-corrected chi connectivity index (χ1v) is 9.02. The largest absolute Gasteiger partial charge is 0.459 e. The molecule has 4 bridgehead atoms. The normalized spacial score (nSPS) is 37.6. The third kappa shape index (κ3) is 3.57. The van der Waals surface area contributed by atoms with Gasteiger partial charge in [-0.15, -0.1) is 0 Å². The maximum atomic E-state index is 12.0. The zero-order valence-corrected chi connectivity index (χ0v) is 14.5. The fourth-order valence-corrected chi connectivity index (χ4v) is 4.25. The quantitative estimate of drug-likeness (QED) is 0.442. The Morgan fingerprint density at radius 3 is 2.78 bits per heavy atom. The Morgan fingerprint density at radius 1 is 1.26 bits per heavy atom. The molecule has 0 aromatic rings. The van der Waals surface area contributed by atoms with Crippen molar-refractivity contribution in [3.63, 3.8) is 0 Å². The molecule has 5 heteroatoms. The van der Waals surface area contributed by atoms with Gasteiger partial charge in [0.2, 0.25) is 0 Å². The molecule has 0 radical (unpaired) electrons. The lowest BCUT2D eigenvalue weighted by molar-refractivity contribution is -0.185. The second-order valence-electron chi connectivity index (χ2n) is 8.14.